The van der Waals surface area contributed by atoms with Crippen LogP contribution in [0.3, 0.4) is 0 Å². The molecule has 0 saturated heterocycles. The highest BCUT2D eigenvalue weighted by Gasteiger charge is 2.12. The predicted molar refractivity (Wildman–Crippen MR) is 80.7 cm³/mol. The van der Waals surface area contributed by atoms with Gasteiger partial charge in [0.15, 0.2) is 0 Å². The topological polar surface area (TPSA) is 63.3 Å². The summed E-state index contributed by atoms with van der Waals surface area (Å²) in [6.45, 7) is 4.17. The van der Waals surface area contributed by atoms with Crippen molar-refractivity contribution in [1.29, 1.82) is 0 Å². The summed E-state index contributed by atoms with van der Waals surface area (Å²) in [5.74, 6) is -0.971. The van der Waals surface area contributed by atoms with Crippen molar-refractivity contribution in [3.63, 3.8) is 0 Å². The molecule has 0 aliphatic carbocycles. The predicted octanol–water partition coefficient (Wildman–Crippen LogP) is 2.92. The number of benzene rings is 2. The van der Waals surface area contributed by atoms with Gasteiger partial charge in [0.05, 0.1) is 0 Å². The molecule has 20 heavy (non-hydrogen) atoms. The summed E-state index contributed by atoms with van der Waals surface area (Å²) in [6.07, 6.45) is 0.341. The minimum Gasteiger partial charge on any atom is -0.480 e. The fourth-order valence-corrected chi connectivity index (χ4v) is 2.14. The molecule has 2 rings (SSSR count). The summed E-state index contributed by atoms with van der Waals surface area (Å²) >= 11 is 0. The lowest BCUT2D eigenvalue weighted by atomic mass is 9.97. The van der Waals surface area contributed by atoms with Crippen molar-refractivity contribution in [2.45, 2.75) is 26.3 Å². The average molecular weight is 269 g/mol. The van der Waals surface area contributed by atoms with Gasteiger partial charge >= 0.3 is 5.97 Å². The Bertz CT molecular complexity index is 635. The molecule has 0 fully saturated rings. The lowest BCUT2D eigenvalue weighted by Crippen LogP contribution is -2.32. The van der Waals surface area contributed by atoms with E-state index < -0.39 is 12.0 Å². The van der Waals surface area contributed by atoms with Crippen LogP contribution in [0, 0.1) is 13.8 Å². The number of carboxylic acids is 1. The van der Waals surface area contributed by atoms with Crippen LogP contribution in [0.5, 0.6) is 0 Å². The van der Waals surface area contributed by atoms with Gasteiger partial charge in [-0.3, -0.25) is 4.79 Å². The number of carbonyl (C=O) groups is 1. The van der Waals surface area contributed by atoms with Crippen molar-refractivity contribution in [3.05, 3.63) is 59.2 Å². The summed E-state index contributed by atoms with van der Waals surface area (Å²) in [6, 6.07) is 13.4. The quantitative estimate of drug-likeness (QED) is 0.897. The highest BCUT2D eigenvalue weighted by molar-refractivity contribution is 5.74. The Kier molecular flexibility index (Phi) is 4.20. The fraction of sp³-hybridized carbons (Fsp3) is 0.235. The second kappa shape index (κ2) is 5.88. The van der Waals surface area contributed by atoms with E-state index in [-0.39, 0.29) is 0 Å². The minimum atomic E-state index is -0.971. The van der Waals surface area contributed by atoms with E-state index in [1.165, 1.54) is 11.1 Å². The Morgan fingerprint density at radius 2 is 1.80 bits per heavy atom. The fourth-order valence-electron chi connectivity index (χ4n) is 2.14. The number of aryl methyl sites for hydroxylation is 2. The summed E-state index contributed by atoms with van der Waals surface area (Å²) in [5, 5.41) is 8.87. The maximum atomic E-state index is 10.8. The third-order valence-electron chi connectivity index (χ3n) is 3.54. The van der Waals surface area contributed by atoms with Gasteiger partial charge in [0.1, 0.15) is 6.04 Å². The van der Waals surface area contributed by atoms with Crippen molar-refractivity contribution in [1.82, 2.24) is 0 Å². The molecule has 1 atom stereocenters. The van der Waals surface area contributed by atoms with Crippen LogP contribution in [-0.2, 0) is 11.2 Å². The van der Waals surface area contributed by atoms with E-state index in [0.29, 0.717) is 6.42 Å². The van der Waals surface area contributed by atoms with Gasteiger partial charge in [-0.25, -0.2) is 0 Å². The first-order valence-electron chi connectivity index (χ1n) is 6.62. The molecule has 0 spiro atoms. The monoisotopic (exact) mass is 269 g/mol. The molecule has 0 aliphatic rings. The van der Waals surface area contributed by atoms with Gasteiger partial charge in [0.25, 0.3) is 0 Å². The molecule has 3 nitrogen and oxygen atoms in total. The molecule has 1 unspecified atom stereocenters. The molecule has 0 amide bonds. The average Bonchev–Trinajstić information content (AvgIpc) is 2.42. The first kappa shape index (κ1) is 14.3. The number of rotatable bonds is 4. The Morgan fingerprint density at radius 3 is 2.45 bits per heavy atom. The molecule has 0 radical (unpaired) electrons. The van der Waals surface area contributed by atoms with Crippen LogP contribution < -0.4 is 5.73 Å². The molecule has 2 aromatic carbocycles. The highest BCUT2D eigenvalue weighted by atomic mass is 16.4. The first-order valence-corrected chi connectivity index (χ1v) is 6.62. The van der Waals surface area contributed by atoms with Crippen LogP contribution in [0.15, 0.2) is 42.5 Å². The molecule has 0 heterocycles. The third-order valence-corrected chi connectivity index (χ3v) is 3.54. The molecule has 0 saturated carbocycles. The Morgan fingerprint density at radius 1 is 1.10 bits per heavy atom. The molecule has 0 bridgehead atoms. The zero-order valence-corrected chi connectivity index (χ0v) is 11.8. The SMILES string of the molecule is Cc1ccc(-c2cccc(CC(N)C(=O)O)c2)cc1C. The third kappa shape index (κ3) is 3.25. The smallest absolute Gasteiger partial charge is 0.320 e. The number of hydrogen-bond donors (Lipinski definition) is 2. The zero-order chi connectivity index (χ0) is 14.7. The van der Waals surface area contributed by atoms with Crippen LogP contribution in [0.2, 0.25) is 0 Å². The Labute approximate surface area is 119 Å². The summed E-state index contributed by atoms with van der Waals surface area (Å²) in [7, 11) is 0. The van der Waals surface area contributed by atoms with E-state index in [2.05, 4.69) is 32.0 Å². The maximum absolute atomic E-state index is 10.8. The molecule has 104 valence electrons. The van der Waals surface area contributed by atoms with Gasteiger partial charge < -0.3 is 10.8 Å². The summed E-state index contributed by atoms with van der Waals surface area (Å²) in [5.41, 5.74) is 11.3. The van der Waals surface area contributed by atoms with Crippen molar-refractivity contribution >= 4 is 5.97 Å². The lowest BCUT2D eigenvalue weighted by molar-refractivity contribution is -0.138. The second-order valence-electron chi connectivity index (χ2n) is 5.15. The molecular weight excluding hydrogens is 250 g/mol. The number of aliphatic carboxylic acids is 1. The van der Waals surface area contributed by atoms with Gasteiger partial charge in [-0.2, -0.15) is 0 Å². The van der Waals surface area contributed by atoms with Gasteiger partial charge in [0, 0.05) is 0 Å². The van der Waals surface area contributed by atoms with E-state index in [9.17, 15) is 4.79 Å². The molecule has 0 aliphatic heterocycles. The van der Waals surface area contributed by atoms with E-state index in [0.717, 1.165) is 16.7 Å². The van der Waals surface area contributed by atoms with Crippen LogP contribution in [-0.4, -0.2) is 17.1 Å². The van der Waals surface area contributed by atoms with E-state index in [1.54, 1.807) is 0 Å². The van der Waals surface area contributed by atoms with Crippen LogP contribution >= 0.6 is 0 Å². The van der Waals surface area contributed by atoms with Crippen molar-refractivity contribution in [3.8, 4) is 11.1 Å². The van der Waals surface area contributed by atoms with Crippen molar-refractivity contribution < 1.29 is 9.90 Å². The maximum Gasteiger partial charge on any atom is 0.320 e. The first-order chi connectivity index (χ1) is 9.47. The van der Waals surface area contributed by atoms with Gasteiger partial charge in [-0.15, -0.1) is 0 Å². The molecule has 3 heteroatoms. The second-order valence-corrected chi connectivity index (χ2v) is 5.15. The normalized spacial score (nSPS) is 12.2. The number of nitrogens with two attached hydrogens (primary N) is 1. The summed E-state index contributed by atoms with van der Waals surface area (Å²) in [4.78, 5) is 10.8. The standard InChI is InChI=1S/C17H19NO2/c1-11-6-7-15(8-12(11)2)14-5-3-4-13(9-14)10-16(18)17(19)20/h3-9,16H,10,18H2,1-2H3,(H,19,20). The van der Waals surface area contributed by atoms with Gasteiger partial charge in [0.2, 0.25) is 0 Å². The van der Waals surface area contributed by atoms with Crippen LogP contribution in [0.1, 0.15) is 16.7 Å². The Balaban J connectivity index is 2.29. The molecular formula is C17H19NO2. The zero-order valence-electron chi connectivity index (χ0n) is 11.8. The molecule has 2 aromatic rings. The molecule has 3 N–H and O–H groups in total. The van der Waals surface area contributed by atoms with E-state index in [4.69, 9.17) is 10.8 Å². The van der Waals surface area contributed by atoms with E-state index >= 15 is 0 Å². The minimum absolute atomic E-state index is 0.341. The van der Waals surface area contributed by atoms with Crippen LogP contribution in [0.25, 0.3) is 11.1 Å². The van der Waals surface area contributed by atoms with Crippen LogP contribution in [0.4, 0.5) is 0 Å². The lowest BCUT2D eigenvalue weighted by Gasteiger charge is -2.10. The Hall–Kier alpha value is -2.13. The summed E-state index contributed by atoms with van der Waals surface area (Å²) < 4.78 is 0. The van der Waals surface area contributed by atoms with Crippen molar-refractivity contribution in [2.24, 2.45) is 5.73 Å². The number of hydrogen-bond acceptors (Lipinski definition) is 2. The van der Waals surface area contributed by atoms with Crippen molar-refractivity contribution in [2.75, 3.05) is 0 Å². The molecule has 0 aromatic heterocycles. The van der Waals surface area contributed by atoms with Gasteiger partial charge in [-0.1, -0.05) is 42.5 Å². The largest absolute Gasteiger partial charge is 0.480 e. The number of carboxylic acid groups (broad SMARTS) is 1. The highest BCUT2D eigenvalue weighted by Crippen LogP contribution is 2.23. The van der Waals surface area contributed by atoms with Gasteiger partial charge in [-0.05, 0) is 48.1 Å². The van der Waals surface area contributed by atoms with E-state index in [1.807, 2.05) is 24.3 Å².